The van der Waals surface area contributed by atoms with Crippen LogP contribution in [-0.4, -0.2) is 65.4 Å². The zero-order valence-electron chi connectivity index (χ0n) is 16.4. The van der Waals surface area contributed by atoms with E-state index in [4.69, 9.17) is 4.74 Å². The predicted octanol–water partition coefficient (Wildman–Crippen LogP) is 1.98. The molecule has 28 heavy (non-hydrogen) atoms. The zero-order valence-corrected chi connectivity index (χ0v) is 17.2. The minimum absolute atomic E-state index is 0.127. The number of sulfonamides is 1. The molecule has 0 aliphatic carbocycles. The minimum Gasteiger partial charge on any atom is -0.497 e. The van der Waals surface area contributed by atoms with Crippen LogP contribution >= 0.6 is 0 Å². The Kier molecular flexibility index (Phi) is 7.30. The molecule has 7 heteroatoms. The Bertz CT molecular complexity index is 818. The summed E-state index contributed by atoms with van der Waals surface area (Å²) in [6.45, 7) is 4.93. The Morgan fingerprint density at radius 3 is 2.29 bits per heavy atom. The van der Waals surface area contributed by atoms with E-state index in [9.17, 15) is 8.42 Å². The number of aryl methyl sites for hydroxylation is 1. The summed E-state index contributed by atoms with van der Waals surface area (Å²) in [5.74, 6) is 0.990. The van der Waals surface area contributed by atoms with Gasteiger partial charge in [0.2, 0.25) is 10.0 Å². The third-order valence-electron chi connectivity index (χ3n) is 5.06. The maximum absolute atomic E-state index is 12.2. The Labute approximate surface area is 168 Å². The number of methoxy groups -OCH3 is 1. The Balaban J connectivity index is 1.36. The van der Waals surface area contributed by atoms with E-state index in [0.29, 0.717) is 13.0 Å². The molecule has 0 saturated carbocycles. The van der Waals surface area contributed by atoms with Gasteiger partial charge >= 0.3 is 0 Å². The van der Waals surface area contributed by atoms with Gasteiger partial charge in [-0.15, -0.1) is 0 Å². The minimum atomic E-state index is -3.24. The summed E-state index contributed by atoms with van der Waals surface area (Å²) < 4.78 is 32.3. The van der Waals surface area contributed by atoms with E-state index in [2.05, 4.69) is 26.7 Å². The number of nitrogens with one attached hydrogen (secondary N) is 1. The van der Waals surface area contributed by atoms with Gasteiger partial charge in [0.25, 0.3) is 0 Å². The van der Waals surface area contributed by atoms with Crippen LogP contribution < -0.4 is 14.4 Å². The molecule has 0 unspecified atom stereocenters. The largest absolute Gasteiger partial charge is 0.497 e. The van der Waals surface area contributed by atoms with E-state index in [-0.39, 0.29) is 5.75 Å². The number of nitrogens with zero attached hydrogens (tertiary/aromatic N) is 2. The van der Waals surface area contributed by atoms with Crippen molar-refractivity contribution in [3.05, 3.63) is 60.2 Å². The van der Waals surface area contributed by atoms with Gasteiger partial charge in [-0.25, -0.2) is 13.1 Å². The van der Waals surface area contributed by atoms with Gasteiger partial charge in [-0.1, -0.05) is 30.3 Å². The number of anilines is 1. The molecule has 0 amide bonds. The highest BCUT2D eigenvalue weighted by atomic mass is 32.2. The first-order chi connectivity index (χ1) is 13.6. The van der Waals surface area contributed by atoms with Crippen LogP contribution in [0.3, 0.4) is 0 Å². The lowest BCUT2D eigenvalue weighted by Crippen LogP contribution is -2.48. The number of hydrogen-bond donors (Lipinski definition) is 1. The van der Waals surface area contributed by atoms with Crippen molar-refractivity contribution in [2.24, 2.45) is 0 Å². The monoisotopic (exact) mass is 403 g/mol. The van der Waals surface area contributed by atoms with Crippen molar-refractivity contribution < 1.29 is 13.2 Å². The summed E-state index contributed by atoms with van der Waals surface area (Å²) in [5, 5.41) is 0. The van der Waals surface area contributed by atoms with Crippen LogP contribution in [0.5, 0.6) is 5.75 Å². The molecular weight excluding hydrogens is 374 g/mol. The highest BCUT2D eigenvalue weighted by Crippen LogP contribution is 2.20. The molecule has 1 fully saturated rings. The van der Waals surface area contributed by atoms with Gasteiger partial charge in [-0.3, -0.25) is 4.90 Å². The third kappa shape index (κ3) is 6.22. The number of ether oxygens (including phenoxy) is 1. The number of benzene rings is 2. The summed E-state index contributed by atoms with van der Waals surface area (Å²) in [5.41, 5.74) is 2.24. The maximum atomic E-state index is 12.2. The average Bonchev–Trinajstić information content (AvgIpc) is 2.74. The van der Waals surface area contributed by atoms with Gasteiger partial charge in [-0.05, 0) is 36.2 Å². The van der Waals surface area contributed by atoms with Gasteiger partial charge in [0.15, 0.2) is 0 Å². The second kappa shape index (κ2) is 9.91. The summed E-state index contributed by atoms with van der Waals surface area (Å²) >= 11 is 0. The third-order valence-corrected chi connectivity index (χ3v) is 6.45. The lowest BCUT2D eigenvalue weighted by Gasteiger charge is -2.36. The fraction of sp³-hybridized carbons (Fsp3) is 0.429. The van der Waals surface area contributed by atoms with Crippen molar-refractivity contribution in [2.45, 2.75) is 6.42 Å². The second-order valence-electron chi connectivity index (χ2n) is 6.98. The molecule has 1 aliphatic rings. The predicted molar refractivity (Wildman–Crippen MR) is 114 cm³/mol. The van der Waals surface area contributed by atoms with Gasteiger partial charge in [-0.2, -0.15) is 0 Å². The molecule has 6 nitrogen and oxygen atoms in total. The van der Waals surface area contributed by atoms with E-state index in [1.165, 1.54) is 5.69 Å². The summed E-state index contributed by atoms with van der Waals surface area (Å²) in [7, 11) is -1.57. The van der Waals surface area contributed by atoms with E-state index in [0.717, 1.165) is 44.0 Å². The van der Waals surface area contributed by atoms with Crippen LogP contribution in [0.1, 0.15) is 5.56 Å². The van der Waals surface area contributed by atoms with Gasteiger partial charge in [0, 0.05) is 45.0 Å². The number of rotatable bonds is 9. The molecule has 0 aromatic heterocycles. The Morgan fingerprint density at radius 2 is 1.64 bits per heavy atom. The lowest BCUT2D eigenvalue weighted by molar-refractivity contribution is 0.262. The Morgan fingerprint density at radius 1 is 0.964 bits per heavy atom. The van der Waals surface area contributed by atoms with Crippen LogP contribution in [0.4, 0.5) is 5.69 Å². The highest BCUT2D eigenvalue weighted by Gasteiger charge is 2.18. The van der Waals surface area contributed by atoms with Gasteiger partial charge in [0.1, 0.15) is 5.75 Å². The van der Waals surface area contributed by atoms with Crippen molar-refractivity contribution in [3.63, 3.8) is 0 Å². The normalized spacial score (nSPS) is 15.5. The quantitative estimate of drug-likeness (QED) is 0.694. The first-order valence-electron chi connectivity index (χ1n) is 9.68. The average molecular weight is 404 g/mol. The van der Waals surface area contributed by atoms with E-state index in [1.54, 1.807) is 7.11 Å². The Hall–Kier alpha value is -2.09. The van der Waals surface area contributed by atoms with Crippen LogP contribution in [0.25, 0.3) is 0 Å². The standard InChI is InChI=1S/C21H29N3O3S/c1-27-21-9-7-20(8-10-21)24-16-14-23(15-17-24)13-12-22-28(25,26)18-11-19-5-3-2-4-6-19/h2-10,22H,11-18H2,1H3. The summed E-state index contributed by atoms with van der Waals surface area (Å²) in [6, 6.07) is 17.8. The highest BCUT2D eigenvalue weighted by molar-refractivity contribution is 7.89. The molecule has 152 valence electrons. The van der Waals surface area contributed by atoms with Crippen LogP contribution in [0, 0.1) is 0 Å². The van der Waals surface area contributed by atoms with Crippen LogP contribution in [0.2, 0.25) is 0 Å². The SMILES string of the molecule is COc1ccc(N2CCN(CCNS(=O)(=O)CCc3ccccc3)CC2)cc1. The second-order valence-corrected chi connectivity index (χ2v) is 8.90. The first-order valence-corrected chi connectivity index (χ1v) is 11.3. The van der Waals surface area contributed by atoms with Crippen molar-refractivity contribution in [2.75, 3.05) is 57.0 Å². The topological polar surface area (TPSA) is 61.9 Å². The lowest BCUT2D eigenvalue weighted by atomic mass is 10.2. The molecule has 1 heterocycles. The number of piperazine rings is 1. The van der Waals surface area contributed by atoms with E-state index in [1.807, 2.05) is 42.5 Å². The molecule has 2 aromatic rings. The van der Waals surface area contributed by atoms with Crippen LogP contribution in [0.15, 0.2) is 54.6 Å². The zero-order chi connectivity index (χ0) is 19.8. The molecule has 3 rings (SSSR count). The molecule has 1 aliphatic heterocycles. The van der Waals surface area contributed by atoms with Crippen molar-refractivity contribution in [1.29, 1.82) is 0 Å². The van der Waals surface area contributed by atoms with Gasteiger partial charge in [0.05, 0.1) is 12.9 Å². The fourth-order valence-corrected chi connectivity index (χ4v) is 4.40. The molecule has 0 spiro atoms. The molecule has 0 atom stereocenters. The summed E-state index contributed by atoms with van der Waals surface area (Å²) in [6.07, 6.45) is 0.538. The first kappa shape index (κ1) is 20.6. The van der Waals surface area contributed by atoms with Crippen LogP contribution in [-0.2, 0) is 16.4 Å². The van der Waals surface area contributed by atoms with E-state index >= 15 is 0 Å². The molecular formula is C21H29N3O3S. The smallest absolute Gasteiger partial charge is 0.211 e. The molecule has 2 aromatic carbocycles. The van der Waals surface area contributed by atoms with Crippen molar-refractivity contribution >= 4 is 15.7 Å². The van der Waals surface area contributed by atoms with Gasteiger partial charge < -0.3 is 9.64 Å². The molecule has 0 bridgehead atoms. The number of hydrogen-bond acceptors (Lipinski definition) is 5. The fourth-order valence-electron chi connectivity index (χ4n) is 3.35. The van der Waals surface area contributed by atoms with Crippen molar-refractivity contribution in [3.8, 4) is 5.75 Å². The molecule has 1 N–H and O–H groups in total. The summed E-state index contributed by atoms with van der Waals surface area (Å²) in [4.78, 5) is 4.65. The maximum Gasteiger partial charge on any atom is 0.211 e. The van der Waals surface area contributed by atoms with Crippen molar-refractivity contribution in [1.82, 2.24) is 9.62 Å². The van der Waals surface area contributed by atoms with E-state index < -0.39 is 10.0 Å². The molecule has 1 saturated heterocycles. The molecule has 0 radical (unpaired) electrons.